The molecule has 0 saturated heterocycles. The molecule has 1 saturated carbocycles. The van der Waals surface area contributed by atoms with Gasteiger partial charge >= 0.3 is 0 Å². The summed E-state index contributed by atoms with van der Waals surface area (Å²) in [5.41, 5.74) is 3.24. The number of thiazole rings is 1. The second-order valence-electron chi connectivity index (χ2n) is 12.2. The molecule has 1 aromatic heterocycles. The second kappa shape index (κ2) is 19.4. The molecule has 0 unspecified atom stereocenters. The van der Waals surface area contributed by atoms with Crippen LogP contribution in [0.2, 0.25) is 0 Å². The predicted molar refractivity (Wildman–Crippen MR) is 178 cm³/mol. The molecule has 248 valence electrons. The number of carbonyl (C=O) groups excluding carboxylic acids is 3. The van der Waals surface area contributed by atoms with Crippen molar-refractivity contribution in [2.45, 2.75) is 88.5 Å². The highest BCUT2D eigenvalue weighted by Crippen LogP contribution is 2.29. The van der Waals surface area contributed by atoms with Crippen molar-refractivity contribution in [3.8, 4) is 0 Å². The molecular formula is C34H51N5O5S. The van der Waals surface area contributed by atoms with Crippen LogP contribution in [-0.4, -0.2) is 89.3 Å². The molecule has 0 aliphatic heterocycles. The van der Waals surface area contributed by atoms with E-state index in [4.69, 9.17) is 0 Å². The molecule has 0 spiro atoms. The van der Waals surface area contributed by atoms with Gasteiger partial charge in [0.1, 0.15) is 12.1 Å². The molecule has 1 aliphatic rings. The highest BCUT2D eigenvalue weighted by atomic mass is 32.1. The summed E-state index contributed by atoms with van der Waals surface area (Å²) in [5, 5.41) is 32.5. The second-order valence-corrected chi connectivity index (χ2v) is 12.9. The summed E-state index contributed by atoms with van der Waals surface area (Å²) in [6, 6.07) is 7.82. The molecule has 1 fully saturated rings. The third-order valence-electron chi connectivity index (χ3n) is 8.62. The summed E-state index contributed by atoms with van der Waals surface area (Å²) >= 11 is 1.40. The summed E-state index contributed by atoms with van der Waals surface area (Å²) in [4.78, 5) is 46.9. The van der Waals surface area contributed by atoms with Crippen LogP contribution < -0.4 is 16.0 Å². The molecule has 2 aromatic rings. The lowest BCUT2D eigenvalue weighted by Gasteiger charge is -2.33. The fourth-order valence-electron chi connectivity index (χ4n) is 5.90. The molecule has 45 heavy (non-hydrogen) atoms. The normalized spacial score (nSPS) is 17.0. The molecule has 1 heterocycles. The van der Waals surface area contributed by atoms with E-state index in [2.05, 4.69) is 27.5 Å². The zero-order valence-corrected chi connectivity index (χ0v) is 27.5. The van der Waals surface area contributed by atoms with E-state index in [0.29, 0.717) is 37.5 Å². The monoisotopic (exact) mass is 641 g/mol. The minimum atomic E-state index is -1.19. The van der Waals surface area contributed by atoms with Crippen LogP contribution in [0.25, 0.3) is 0 Å². The Kier molecular flexibility index (Phi) is 15.7. The lowest BCUT2D eigenvalue weighted by Crippen LogP contribution is -2.56. The Balaban J connectivity index is 1.82. The van der Waals surface area contributed by atoms with Gasteiger partial charge in [0.05, 0.1) is 29.3 Å². The Hall–Kier alpha value is -3.12. The van der Waals surface area contributed by atoms with Crippen LogP contribution in [0.15, 0.2) is 53.9 Å². The van der Waals surface area contributed by atoms with E-state index in [1.54, 1.807) is 23.5 Å². The SMILES string of the molecule is C=CC[C@H](O)[C@H](O)[C@H](CC1CCCCC1)NC(=O)[C@H](Cc1cscn1)NC(=O)[C@@H](CC(=O)N(C)CCNC)Cc1ccccc1. The van der Waals surface area contributed by atoms with E-state index in [1.165, 1.54) is 17.8 Å². The van der Waals surface area contributed by atoms with Gasteiger partial charge in [0.2, 0.25) is 17.7 Å². The molecule has 3 amide bonds. The lowest BCUT2D eigenvalue weighted by molar-refractivity contribution is -0.136. The Morgan fingerprint density at radius 1 is 1.09 bits per heavy atom. The number of benzene rings is 1. The molecule has 5 atom stereocenters. The van der Waals surface area contributed by atoms with Crippen molar-refractivity contribution >= 4 is 29.1 Å². The lowest BCUT2D eigenvalue weighted by atomic mass is 9.82. The molecule has 0 radical (unpaired) electrons. The van der Waals surface area contributed by atoms with Gasteiger partial charge in [-0.05, 0) is 37.8 Å². The Morgan fingerprint density at radius 2 is 1.82 bits per heavy atom. The van der Waals surface area contributed by atoms with Gasteiger partial charge in [0.25, 0.3) is 0 Å². The third-order valence-corrected chi connectivity index (χ3v) is 9.26. The van der Waals surface area contributed by atoms with Gasteiger partial charge in [-0.2, -0.15) is 0 Å². The van der Waals surface area contributed by atoms with Gasteiger partial charge in [-0.25, -0.2) is 4.98 Å². The van der Waals surface area contributed by atoms with Gasteiger partial charge < -0.3 is 31.1 Å². The van der Waals surface area contributed by atoms with Gasteiger partial charge in [-0.15, -0.1) is 17.9 Å². The Bertz CT molecular complexity index is 1170. The van der Waals surface area contributed by atoms with Crippen LogP contribution >= 0.6 is 11.3 Å². The number of hydrogen-bond acceptors (Lipinski definition) is 8. The first-order chi connectivity index (χ1) is 21.7. The number of nitrogens with zero attached hydrogens (tertiary/aromatic N) is 2. The van der Waals surface area contributed by atoms with E-state index < -0.39 is 42.0 Å². The summed E-state index contributed by atoms with van der Waals surface area (Å²) in [6.07, 6.45) is 5.86. The van der Waals surface area contributed by atoms with Crippen molar-refractivity contribution in [3.63, 3.8) is 0 Å². The Labute approximate surface area is 271 Å². The fraction of sp³-hybridized carbons (Fsp3) is 0.588. The van der Waals surface area contributed by atoms with E-state index >= 15 is 0 Å². The third kappa shape index (κ3) is 12.3. The maximum atomic E-state index is 13.9. The van der Waals surface area contributed by atoms with E-state index in [9.17, 15) is 24.6 Å². The number of aromatic nitrogens is 1. The predicted octanol–water partition coefficient (Wildman–Crippen LogP) is 2.85. The number of rotatable bonds is 19. The van der Waals surface area contributed by atoms with Crippen LogP contribution in [0.1, 0.15) is 62.6 Å². The maximum Gasteiger partial charge on any atom is 0.243 e. The highest BCUT2D eigenvalue weighted by molar-refractivity contribution is 7.07. The molecule has 0 bridgehead atoms. The minimum absolute atomic E-state index is 0.0112. The first kappa shape index (κ1) is 36.3. The maximum absolute atomic E-state index is 13.9. The quantitative estimate of drug-likeness (QED) is 0.149. The first-order valence-electron chi connectivity index (χ1n) is 16.1. The molecule has 11 heteroatoms. The van der Waals surface area contributed by atoms with Gasteiger partial charge in [-0.1, -0.05) is 68.5 Å². The zero-order chi connectivity index (χ0) is 32.6. The zero-order valence-electron chi connectivity index (χ0n) is 26.7. The molecular weight excluding hydrogens is 590 g/mol. The average molecular weight is 642 g/mol. The largest absolute Gasteiger partial charge is 0.390 e. The van der Waals surface area contributed by atoms with E-state index in [1.807, 2.05) is 42.8 Å². The molecule has 3 rings (SSSR count). The number of aliphatic hydroxyl groups excluding tert-OH is 2. The van der Waals surface area contributed by atoms with Crippen molar-refractivity contribution in [1.82, 2.24) is 25.8 Å². The molecule has 1 aromatic carbocycles. The number of aliphatic hydroxyl groups is 2. The minimum Gasteiger partial charge on any atom is -0.390 e. The van der Waals surface area contributed by atoms with Gasteiger partial charge in [0, 0.05) is 38.4 Å². The van der Waals surface area contributed by atoms with Crippen LogP contribution in [0.4, 0.5) is 0 Å². The number of carbonyl (C=O) groups is 3. The van der Waals surface area contributed by atoms with Crippen molar-refractivity contribution in [3.05, 3.63) is 65.1 Å². The summed E-state index contributed by atoms with van der Waals surface area (Å²) < 4.78 is 0. The van der Waals surface area contributed by atoms with E-state index in [0.717, 1.165) is 31.2 Å². The molecule has 10 nitrogen and oxygen atoms in total. The van der Waals surface area contributed by atoms with Gasteiger partial charge in [-0.3, -0.25) is 14.4 Å². The molecule has 1 aliphatic carbocycles. The summed E-state index contributed by atoms with van der Waals surface area (Å²) in [6.45, 7) is 4.81. The number of nitrogens with one attached hydrogen (secondary N) is 3. The van der Waals surface area contributed by atoms with Crippen molar-refractivity contribution < 1.29 is 24.6 Å². The number of amides is 3. The van der Waals surface area contributed by atoms with Crippen molar-refractivity contribution in [2.75, 3.05) is 27.2 Å². The van der Waals surface area contributed by atoms with Crippen LogP contribution in [-0.2, 0) is 27.2 Å². The number of hydrogen-bond donors (Lipinski definition) is 5. The Morgan fingerprint density at radius 3 is 2.47 bits per heavy atom. The fourth-order valence-corrected chi connectivity index (χ4v) is 6.47. The highest BCUT2D eigenvalue weighted by Gasteiger charge is 2.34. The van der Waals surface area contributed by atoms with Crippen LogP contribution in [0, 0.1) is 11.8 Å². The summed E-state index contributed by atoms with van der Waals surface area (Å²) in [7, 11) is 3.53. The van der Waals surface area contributed by atoms with Crippen LogP contribution in [0.3, 0.4) is 0 Å². The first-order valence-corrected chi connectivity index (χ1v) is 17.0. The smallest absolute Gasteiger partial charge is 0.243 e. The average Bonchev–Trinajstić information content (AvgIpc) is 3.56. The number of likely N-dealkylation sites (N-methyl/N-ethyl adjacent to an activating group) is 2. The van der Waals surface area contributed by atoms with Crippen molar-refractivity contribution in [2.24, 2.45) is 11.8 Å². The van der Waals surface area contributed by atoms with Crippen molar-refractivity contribution in [1.29, 1.82) is 0 Å². The topological polar surface area (TPSA) is 144 Å². The summed E-state index contributed by atoms with van der Waals surface area (Å²) in [5.74, 6) is -1.41. The molecule has 5 N–H and O–H groups in total. The standard InChI is InChI=1S/C34H51N5O5S/c1-4-11-30(40)32(42)28(19-25-14-9-6-10-15-25)37-34(44)29(21-27-22-45-23-36-27)38-33(43)26(18-24-12-7-5-8-13-24)20-31(41)39(3)17-16-35-2/h4-5,7-8,12-13,22-23,25-26,28-30,32,35,40,42H,1,6,9-11,14-21H2,2-3H3,(H,37,44)(H,38,43)/t26-,28+,29+,30+,32-/m1/s1. The van der Waals surface area contributed by atoms with Gasteiger partial charge in [0.15, 0.2) is 0 Å². The van der Waals surface area contributed by atoms with E-state index in [-0.39, 0.29) is 25.2 Å². The van der Waals surface area contributed by atoms with Crippen LogP contribution in [0.5, 0.6) is 0 Å².